The second-order valence-corrected chi connectivity index (χ2v) is 6.68. The largest absolute Gasteiger partial charge is 0.298 e. The molecule has 2 heterocycles. The highest BCUT2D eigenvalue weighted by Gasteiger charge is 2.26. The van der Waals surface area contributed by atoms with Crippen LogP contribution >= 0.6 is 0 Å². The van der Waals surface area contributed by atoms with Gasteiger partial charge in [0.1, 0.15) is 0 Å². The van der Waals surface area contributed by atoms with Crippen molar-refractivity contribution >= 4 is 0 Å². The number of rotatable bonds is 4. The number of aromatic amines is 1. The molecule has 3 rings (SSSR count). The Balaban J connectivity index is 1.73. The summed E-state index contributed by atoms with van der Waals surface area (Å²) in [5.41, 5.74) is 2.89. The SMILES string of the molecule is CC(C)c1cn[nH]c1[C@@H]1CCCN(Cc2cccc(F)c2F)C1. The van der Waals surface area contributed by atoms with E-state index in [1.165, 1.54) is 11.3 Å². The smallest absolute Gasteiger partial charge is 0.163 e. The number of H-pyrrole nitrogens is 1. The number of hydrogen-bond donors (Lipinski definition) is 1. The number of piperidine rings is 1. The van der Waals surface area contributed by atoms with Crippen molar-refractivity contribution in [3.63, 3.8) is 0 Å². The molecule has 5 heteroatoms. The summed E-state index contributed by atoms with van der Waals surface area (Å²) in [5, 5.41) is 7.35. The van der Waals surface area contributed by atoms with E-state index in [1.807, 2.05) is 6.20 Å². The number of aromatic nitrogens is 2. The van der Waals surface area contributed by atoms with Crippen molar-refractivity contribution in [3.8, 4) is 0 Å². The van der Waals surface area contributed by atoms with E-state index in [9.17, 15) is 8.78 Å². The quantitative estimate of drug-likeness (QED) is 0.916. The van der Waals surface area contributed by atoms with Crippen LogP contribution in [-0.2, 0) is 6.54 Å². The van der Waals surface area contributed by atoms with Gasteiger partial charge in [0.05, 0.1) is 6.20 Å². The van der Waals surface area contributed by atoms with Gasteiger partial charge in [-0.15, -0.1) is 0 Å². The van der Waals surface area contributed by atoms with Crippen LogP contribution in [0, 0.1) is 11.6 Å². The molecule has 0 spiro atoms. The molecule has 1 saturated heterocycles. The Labute approximate surface area is 135 Å². The first-order valence-corrected chi connectivity index (χ1v) is 8.24. The van der Waals surface area contributed by atoms with Crippen LogP contribution in [-0.4, -0.2) is 28.2 Å². The molecule has 124 valence electrons. The summed E-state index contributed by atoms with van der Waals surface area (Å²) < 4.78 is 27.2. The maximum Gasteiger partial charge on any atom is 0.163 e. The van der Waals surface area contributed by atoms with Gasteiger partial charge in [-0.1, -0.05) is 26.0 Å². The highest BCUT2D eigenvalue weighted by molar-refractivity contribution is 5.25. The van der Waals surface area contributed by atoms with Gasteiger partial charge in [-0.25, -0.2) is 8.78 Å². The molecule has 0 radical (unpaired) electrons. The molecule has 3 nitrogen and oxygen atoms in total. The van der Waals surface area contributed by atoms with Crippen molar-refractivity contribution < 1.29 is 8.78 Å². The Morgan fingerprint density at radius 3 is 2.96 bits per heavy atom. The van der Waals surface area contributed by atoms with Crippen molar-refractivity contribution in [2.24, 2.45) is 0 Å². The van der Waals surface area contributed by atoms with E-state index >= 15 is 0 Å². The Kier molecular flexibility index (Phi) is 4.76. The lowest BCUT2D eigenvalue weighted by Crippen LogP contribution is -2.34. The number of halogens is 2. The summed E-state index contributed by atoms with van der Waals surface area (Å²) in [7, 11) is 0. The van der Waals surface area contributed by atoms with Crippen molar-refractivity contribution in [3.05, 3.63) is 52.9 Å². The number of hydrogen-bond acceptors (Lipinski definition) is 2. The summed E-state index contributed by atoms with van der Waals surface area (Å²) in [6, 6.07) is 4.40. The molecule has 0 aliphatic carbocycles. The lowest BCUT2D eigenvalue weighted by Gasteiger charge is -2.33. The molecule has 1 fully saturated rings. The minimum absolute atomic E-state index is 0.375. The third-order valence-electron chi connectivity index (χ3n) is 4.66. The third-order valence-corrected chi connectivity index (χ3v) is 4.66. The maximum atomic E-state index is 13.9. The van der Waals surface area contributed by atoms with Crippen molar-refractivity contribution in [2.75, 3.05) is 13.1 Å². The number of benzene rings is 1. The van der Waals surface area contributed by atoms with Gasteiger partial charge < -0.3 is 0 Å². The van der Waals surface area contributed by atoms with E-state index in [1.54, 1.807) is 12.1 Å². The second kappa shape index (κ2) is 6.79. The van der Waals surface area contributed by atoms with E-state index in [2.05, 4.69) is 28.9 Å². The van der Waals surface area contributed by atoms with Gasteiger partial charge in [-0.3, -0.25) is 10.00 Å². The normalized spacial score (nSPS) is 19.4. The molecule has 1 N–H and O–H groups in total. The zero-order valence-corrected chi connectivity index (χ0v) is 13.6. The van der Waals surface area contributed by atoms with E-state index in [0.717, 1.165) is 32.0 Å². The van der Waals surface area contributed by atoms with Gasteiger partial charge in [-0.05, 0) is 36.9 Å². The first-order valence-electron chi connectivity index (χ1n) is 8.24. The van der Waals surface area contributed by atoms with Crippen molar-refractivity contribution in [1.29, 1.82) is 0 Å². The van der Waals surface area contributed by atoms with Crippen LogP contribution in [0.5, 0.6) is 0 Å². The Morgan fingerprint density at radius 1 is 1.35 bits per heavy atom. The second-order valence-electron chi connectivity index (χ2n) is 6.68. The van der Waals surface area contributed by atoms with Crippen molar-refractivity contribution in [1.82, 2.24) is 15.1 Å². The molecule has 1 aromatic heterocycles. The number of nitrogens with one attached hydrogen (secondary N) is 1. The monoisotopic (exact) mass is 319 g/mol. The molecular weight excluding hydrogens is 296 g/mol. The lowest BCUT2D eigenvalue weighted by atomic mass is 9.89. The molecule has 2 aromatic rings. The Morgan fingerprint density at radius 2 is 2.17 bits per heavy atom. The van der Waals surface area contributed by atoms with Crippen LogP contribution in [0.3, 0.4) is 0 Å². The molecule has 1 atom stereocenters. The topological polar surface area (TPSA) is 31.9 Å². The molecule has 0 bridgehead atoms. The molecule has 23 heavy (non-hydrogen) atoms. The van der Waals surface area contributed by atoms with E-state index < -0.39 is 11.6 Å². The van der Waals surface area contributed by atoms with Gasteiger partial charge >= 0.3 is 0 Å². The summed E-state index contributed by atoms with van der Waals surface area (Å²) in [5.74, 6) is -0.689. The average Bonchev–Trinajstić information content (AvgIpc) is 3.02. The van der Waals surface area contributed by atoms with Crippen LogP contribution in [0.25, 0.3) is 0 Å². The van der Waals surface area contributed by atoms with Gasteiger partial charge in [-0.2, -0.15) is 5.10 Å². The van der Waals surface area contributed by atoms with Crippen LogP contribution in [0.15, 0.2) is 24.4 Å². The zero-order chi connectivity index (χ0) is 16.4. The molecule has 0 saturated carbocycles. The first kappa shape index (κ1) is 16.1. The van der Waals surface area contributed by atoms with Crippen LogP contribution in [0.1, 0.15) is 55.3 Å². The fraction of sp³-hybridized carbons (Fsp3) is 0.500. The zero-order valence-electron chi connectivity index (χ0n) is 13.6. The van der Waals surface area contributed by atoms with Gasteiger partial charge in [0.15, 0.2) is 11.6 Å². The highest BCUT2D eigenvalue weighted by atomic mass is 19.2. The highest BCUT2D eigenvalue weighted by Crippen LogP contribution is 2.31. The summed E-state index contributed by atoms with van der Waals surface area (Å²) in [6.07, 6.45) is 4.06. The van der Waals surface area contributed by atoms with Gasteiger partial charge in [0, 0.05) is 30.3 Å². The molecule has 1 aromatic carbocycles. The van der Waals surface area contributed by atoms with Crippen LogP contribution in [0.4, 0.5) is 8.78 Å². The molecule has 0 amide bonds. The lowest BCUT2D eigenvalue weighted by molar-refractivity contribution is 0.195. The standard InChI is InChI=1S/C18H23F2N3/c1-12(2)15-9-21-22-18(15)14-6-4-8-23(11-14)10-13-5-3-7-16(19)17(13)20/h3,5,7,9,12,14H,4,6,8,10-11H2,1-2H3,(H,21,22)/t14-/m1/s1. The van der Waals surface area contributed by atoms with Crippen molar-refractivity contribution in [2.45, 2.75) is 45.1 Å². The maximum absolute atomic E-state index is 13.9. The number of nitrogens with zero attached hydrogens (tertiary/aromatic N) is 2. The Bertz CT molecular complexity index is 666. The van der Waals surface area contributed by atoms with Crippen LogP contribution in [0.2, 0.25) is 0 Å². The molecule has 0 unspecified atom stereocenters. The van der Waals surface area contributed by atoms with Gasteiger partial charge in [0.25, 0.3) is 0 Å². The van der Waals surface area contributed by atoms with Gasteiger partial charge in [0.2, 0.25) is 0 Å². The van der Waals surface area contributed by atoms with E-state index in [0.29, 0.717) is 23.9 Å². The van der Waals surface area contributed by atoms with E-state index in [4.69, 9.17) is 0 Å². The summed E-state index contributed by atoms with van der Waals surface area (Å²) >= 11 is 0. The number of likely N-dealkylation sites (tertiary alicyclic amines) is 1. The summed E-state index contributed by atoms with van der Waals surface area (Å²) in [4.78, 5) is 2.21. The average molecular weight is 319 g/mol. The molecule has 1 aliphatic heterocycles. The minimum Gasteiger partial charge on any atom is -0.298 e. The fourth-order valence-corrected chi connectivity index (χ4v) is 3.44. The van der Waals surface area contributed by atoms with Crippen LogP contribution < -0.4 is 0 Å². The molecular formula is C18H23F2N3. The first-order chi connectivity index (χ1) is 11.1. The predicted molar refractivity (Wildman–Crippen MR) is 86.3 cm³/mol. The Hall–Kier alpha value is -1.75. The minimum atomic E-state index is -0.772. The fourth-order valence-electron chi connectivity index (χ4n) is 3.44. The third kappa shape index (κ3) is 3.44. The summed E-state index contributed by atoms with van der Waals surface area (Å²) in [6.45, 7) is 6.54. The molecule has 1 aliphatic rings. The van der Waals surface area contributed by atoms with E-state index in [-0.39, 0.29) is 0 Å². The predicted octanol–water partition coefficient (Wildman–Crippen LogP) is 4.19.